The third-order valence-electron chi connectivity index (χ3n) is 2.71. The maximum Gasteiger partial charge on any atom is 0.328 e. The zero-order chi connectivity index (χ0) is 14.8. The molecular formula is C13H11FN6O. The first-order chi connectivity index (χ1) is 10.1. The molecule has 1 aromatic carbocycles. The highest BCUT2D eigenvalue weighted by Gasteiger charge is 2.10. The van der Waals surface area contributed by atoms with Crippen molar-refractivity contribution in [3.05, 3.63) is 48.3 Å². The summed E-state index contributed by atoms with van der Waals surface area (Å²) in [5.41, 5.74) is 6.39. The molecule has 21 heavy (non-hydrogen) atoms. The van der Waals surface area contributed by atoms with Crippen LogP contribution >= 0.6 is 0 Å². The summed E-state index contributed by atoms with van der Waals surface area (Å²) in [5.74, 6) is 0.173. The van der Waals surface area contributed by atoms with Crippen molar-refractivity contribution in [2.45, 2.75) is 6.92 Å². The number of rotatable bonds is 3. The lowest BCUT2D eigenvalue weighted by Crippen LogP contribution is -2.06. The van der Waals surface area contributed by atoms with Gasteiger partial charge in [-0.05, 0) is 18.6 Å². The maximum absolute atomic E-state index is 13.3. The molecule has 0 bridgehead atoms. The lowest BCUT2D eigenvalue weighted by Gasteiger charge is -2.08. The Balaban J connectivity index is 1.97. The number of ether oxygens (including phenoxy) is 1. The number of nitrogens with zero attached hydrogens (tertiary/aromatic N) is 5. The fourth-order valence-electron chi connectivity index (χ4n) is 1.68. The third-order valence-corrected chi connectivity index (χ3v) is 2.71. The molecule has 0 fully saturated rings. The van der Waals surface area contributed by atoms with Crippen LogP contribution in [0.15, 0.2) is 36.9 Å². The van der Waals surface area contributed by atoms with Gasteiger partial charge in [0, 0.05) is 18.5 Å². The second kappa shape index (κ2) is 5.16. The Morgan fingerprint density at radius 3 is 2.86 bits per heavy atom. The largest absolute Gasteiger partial charge is 0.424 e. The average Bonchev–Trinajstić information content (AvgIpc) is 2.96. The number of imidazole rings is 1. The molecule has 0 aliphatic rings. The van der Waals surface area contributed by atoms with Gasteiger partial charge in [0.25, 0.3) is 0 Å². The van der Waals surface area contributed by atoms with Gasteiger partial charge in [-0.25, -0.2) is 9.37 Å². The summed E-state index contributed by atoms with van der Waals surface area (Å²) in [6.45, 7) is 1.79. The highest BCUT2D eigenvalue weighted by atomic mass is 19.1. The molecule has 2 N–H and O–H groups in total. The molecule has 0 unspecified atom stereocenters. The maximum atomic E-state index is 13.3. The molecule has 0 saturated heterocycles. The predicted molar refractivity (Wildman–Crippen MR) is 72.6 cm³/mol. The smallest absolute Gasteiger partial charge is 0.328 e. The van der Waals surface area contributed by atoms with Crippen LogP contribution in [-0.4, -0.2) is 24.5 Å². The number of halogens is 1. The molecule has 0 aliphatic heterocycles. The molecule has 2 heterocycles. The molecule has 0 amide bonds. The van der Waals surface area contributed by atoms with Gasteiger partial charge in [0.15, 0.2) is 0 Å². The Bertz CT molecular complexity index is 774. The molecule has 0 radical (unpaired) electrons. The van der Waals surface area contributed by atoms with Crippen LogP contribution in [0, 0.1) is 12.7 Å². The number of nitrogen functional groups attached to an aromatic ring is 1. The molecule has 3 aromatic rings. The highest BCUT2D eigenvalue weighted by Crippen LogP contribution is 2.24. The summed E-state index contributed by atoms with van der Waals surface area (Å²) in [4.78, 5) is 15.9. The van der Waals surface area contributed by atoms with Crippen LogP contribution < -0.4 is 10.5 Å². The van der Waals surface area contributed by atoms with Crippen molar-refractivity contribution in [1.29, 1.82) is 0 Å². The summed E-state index contributed by atoms with van der Waals surface area (Å²) in [6, 6.07) is 4.19. The second-order valence-electron chi connectivity index (χ2n) is 4.26. The molecule has 0 aliphatic carbocycles. The minimum atomic E-state index is -0.410. The van der Waals surface area contributed by atoms with E-state index in [1.807, 2.05) is 0 Å². The fourth-order valence-corrected chi connectivity index (χ4v) is 1.68. The van der Waals surface area contributed by atoms with Gasteiger partial charge in [-0.1, -0.05) is 6.07 Å². The summed E-state index contributed by atoms with van der Waals surface area (Å²) in [7, 11) is 0. The van der Waals surface area contributed by atoms with Crippen LogP contribution in [0.25, 0.3) is 5.95 Å². The van der Waals surface area contributed by atoms with Crippen molar-refractivity contribution in [2.24, 2.45) is 0 Å². The van der Waals surface area contributed by atoms with E-state index in [9.17, 15) is 4.39 Å². The van der Waals surface area contributed by atoms with E-state index >= 15 is 0 Å². The van der Waals surface area contributed by atoms with E-state index in [1.165, 1.54) is 18.5 Å². The molecule has 3 rings (SSSR count). The topological polar surface area (TPSA) is 91.7 Å². The van der Waals surface area contributed by atoms with E-state index in [-0.39, 0.29) is 17.9 Å². The van der Waals surface area contributed by atoms with E-state index in [0.29, 0.717) is 5.75 Å². The highest BCUT2D eigenvalue weighted by molar-refractivity contribution is 5.35. The van der Waals surface area contributed by atoms with Crippen LogP contribution in [0.2, 0.25) is 0 Å². The molecule has 7 nitrogen and oxygen atoms in total. The fraction of sp³-hybridized carbons (Fsp3) is 0.0769. The van der Waals surface area contributed by atoms with Gasteiger partial charge in [0.05, 0.1) is 0 Å². The Labute approximate surface area is 119 Å². The number of hydrogen-bond donors (Lipinski definition) is 1. The minimum Gasteiger partial charge on any atom is -0.424 e. The summed E-state index contributed by atoms with van der Waals surface area (Å²) in [6.07, 6.45) is 4.76. The van der Waals surface area contributed by atoms with E-state index in [2.05, 4.69) is 19.9 Å². The Morgan fingerprint density at radius 1 is 1.24 bits per heavy atom. The standard InChI is InChI=1S/C13H11FN6O/c1-8-2-3-9(14)6-10(8)21-13-18-11(15)17-12(19-13)20-5-4-16-7-20/h2-7H,1H3,(H2,15,17,18,19). The van der Waals surface area contributed by atoms with E-state index in [0.717, 1.165) is 5.56 Å². The molecule has 8 heteroatoms. The summed E-state index contributed by atoms with van der Waals surface area (Å²) in [5, 5.41) is 0. The zero-order valence-electron chi connectivity index (χ0n) is 11.1. The lowest BCUT2D eigenvalue weighted by molar-refractivity contribution is 0.432. The lowest BCUT2D eigenvalue weighted by atomic mass is 10.2. The zero-order valence-corrected chi connectivity index (χ0v) is 11.1. The molecule has 106 valence electrons. The van der Waals surface area contributed by atoms with Gasteiger partial charge < -0.3 is 10.5 Å². The number of nitrogens with two attached hydrogens (primary N) is 1. The SMILES string of the molecule is Cc1ccc(F)cc1Oc1nc(N)nc(-n2ccnc2)n1. The van der Waals surface area contributed by atoms with Crippen LogP contribution in [0.3, 0.4) is 0 Å². The van der Waals surface area contributed by atoms with Gasteiger partial charge in [-0.2, -0.15) is 15.0 Å². The Hall–Kier alpha value is -3.03. The van der Waals surface area contributed by atoms with Crippen molar-refractivity contribution in [3.8, 4) is 17.7 Å². The molecule has 0 spiro atoms. The van der Waals surface area contributed by atoms with E-state index in [1.54, 1.807) is 30.0 Å². The van der Waals surface area contributed by atoms with Crippen molar-refractivity contribution < 1.29 is 9.13 Å². The predicted octanol–water partition coefficient (Wildman–Crippen LogP) is 1.88. The number of anilines is 1. The van der Waals surface area contributed by atoms with Gasteiger partial charge in [0.1, 0.15) is 17.9 Å². The van der Waals surface area contributed by atoms with Crippen molar-refractivity contribution >= 4 is 5.95 Å². The van der Waals surface area contributed by atoms with E-state index in [4.69, 9.17) is 10.5 Å². The summed E-state index contributed by atoms with van der Waals surface area (Å²) >= 11 is 0. The number of benzene rings is 1. The third kappa shape index (κ3) is 2.78. The summed E-state index contributed by atoms with van der Waals surface area (Å²) < 4.78 is 20.3. The first kappa shape index (κ1) is 13.0. The molecule has 0 atom stereocenters. The Kier molecular flexibility index (Phi) is 3.19. The van der Waals surface area contributed by atoms with Crippen LogP contribution in [0.1, 0.15) is 5.56 Å². The average molecular weight is 286 g/mol. The van der Waals surface area contributed by atoms with Crippen molar-refractivity contribution in [2.75, 3.05) is 5.73 Å². The van der Waals surface area contributed by atoms with Gasteiger partial charge in [-0.3, -0.25) is 4.57 Å². The van der Waals surface area contributed by atoms with Crippen LogP contribution in [0.5, 0.6) is 11.8 Å². The normalized spacial score (nSPS) is 10.6. The quantitative estimate of drug-likeness (QED) is 0.790. The first-order valence-corrected chi connectivity index (χ1v) is 6.06. The van der Waals surface area contributed by atoms with Crippen LogP contribution in [0.4, 0.5) is 10.3 Å². The first-order valence-electron chi connectivity index (χ1n) is 6.06. The minimum absolute atomic E-state index is 0.00208. The van der Waals surface area contributed by atoms with Gasteiger partial charge >= 0.3 is 6.01 Å². The van der Waals surface area contributed by atoms with Crippen molar-refractivity contribution in [3.63, 3.8) is 0 Å². The molecule has 0 saturated carbocycles. The molecular weight excluding hydrogens is 275 g/mol. The molecule has 2 aromatic heterocycles. The van der Waals surface area contributed by atoms with Gasteiger partial charge in [0.2, 0.25) is 11.9 Å². The number of aromatic nitrogens is 5. The monoisotopic (exact) mass is 286 g/mol. The number of hydrogen-bond acceptors (Lipinski definition) is 6. The van der Waals surface area contributed by atoms with Crippen molar-refractivity contribution in [1.82, 2.24) is 24.5 Å². The van der Waals surface area contributed by atoms with Crippen LogP contribution in [-0.2, 0) is 0 Å². The second-order valence-corrected chi connectivity index (χ2v) is 4.26. The Morgan fingerprint density at radius 2 is 2.10 bits per heavy atom. The van der Waals surface area contributed by atoms with E-state index < -0.39 is 5.82 Å². The number of aryl methyl sites for hydroxylation is 1. The van der Waals surface area contributed by atoms with Gasteiger partial charge in [-0.15, -0.1) is 0 Å².